The number of hydrogen-bond acceptors (Lipinski definition) is 3. The van der Waals surface area contributed by atoms with Crippen LogP contribution in [-0.2, 0) is 4.79 Å². The maximum Gasteiger partial charge on any atom is 0.248 e. The van der Waals surface area contributed by atoms with Crippen molar-refractivity contribution in [2.45, 2.75) is 26.3 Å². The van der Waals surface area contributed by atoms with Crippen LogP contribution >= 0.6 is 12.4 Å². The molecule has 0 aliphatic carbocycles. The fourth-order valence-corrected chi connectivity index (χ4v) is 1.32. The van der Waals surface area contributed by atoms with E-state index in [9.17, 15) is 9.59 Å². The van der Waals surface area contributed by atoms with Crippen LogP contribution in [0.15, 0.2) is 18.2 Å². The van der Waals surface area contributed by atoms with Gasteiger partial charge in [-0.3, -0.25) is 9.59 Å². The first-order valence-corrected chi connectivity index (χ1v) is 5.42. The number of primary amides is 1. The molecule has 0 saturated carbocycles. The summed E-state index contributed by atoms with van der Waals surface area (Å²) in [6.07, 6.45) is 0.556. The molecule has 0 aromatic heterocycles. The highest BCUT2D eigenvalue weighted by molar-refractivity contribution is 5.98. The molecule has 0 bridgehead atoms. The first-order chi connectivity index (χ1) is 7.95. The Hall–Kier alpha value is -1.59. The molecule has 1 atom stereocenters. The van der Waals surface area contributed by atoms with Gasteiger partial charge in [-0.25, -0.2) is 0 Å². The Bertz CT molecular complexity index is 449. The zero-order chi connectivity index (χ0) is 13.0. The summed E-state index contributed by atoms with van der Waals surface area (Å²) < 4.78 is 0. The van der Waals surface area contributed by atoms with Crippen molar-refractivity contribution in [1.82, 2.24) is 0 Å². The molecule has 1 rings (SSSR count). The molecule has 100 valence electrons. The van der Waals surface area contributed by atoms with Gasteiger partial charge in [0, 0.05) is 11.3 Å². The Balaban J connectivity index is 0.00000289. The van der Waals surface area contributed by atoms with E-state index in [1.807, 2.05) is 13.8 Å². The molecule has 5 N–H and O–H groups in total. The van der Waals surface area contributed by atoms with Crippen LogP contribution in [0, 0.1) is 6.92 Å². The molecule has 0 aliphatic rings. The third kappa shape index (κ3) is 4.01. The van der Waals surface area contributed by atoms with Gasteiger partial charge in [0.05, 0.1) is 6.04 Å². The van der Waals surface area contributed by atoms with Crippen molar-refractivity contribution >= 4 is 29.9 Å². The third-order valence-corrected chi connectivity index (χ3v) is 2.56. The maximum atomic E-state index is 11.6. The van der Waals surface area contributed by atoms with Crippen LogP contribution in [-0.4, -0.2) is 17.9 Å². The molecule has 18 heavy (non-hydrogen) atoms. The maximum absolute atomic E-state index is 11.6. The SMILES string of the molecule is CC[C@H](N)C(=O)Nc1cc(C(N)=O)ccc1C.Cl. The van der Waals surface area contributed by atoms with Gasteiger partial charge in [0.1, 0.15) is 0 Å². The second-order valence-corrected chi connectivity index (χ2v) is 3.90. The van der Waals surface area contributed by atoms with Crippen LogP contribution < -0.4 is 16.8 Å². The highest BCUT2D eigenvalue weighted by Gasteiger charge is 2.13. The fourth-order valence-electron chi connectivity index (χ4n) is 1.32. The highest BCUT2D eigenvalue weighted by atomic mass is 35.5. The summed E-state index contributed by atoms with van der Waals surface area (Å²) in [5.74, 6) is -0.794. The largest absolute Gasteiger partial charge is 0.366 e. The molecular formula is C12H18ClN3O2. The summed E-state index contributed by atoms with van der Waals surface area (Å²) >= 11 is 0. The Morgan fingerprint density at radius 2 is 2.00 bits per heavy atom. The molecule has 6 heteroatoms. The monoisotopic (exact) mass is 271 g/mol. The summed E-state index contributed by atoms with van der Waals surface area (Å²) in [6, 6.07) is 4.35. The number of halogens is 1. The van der Waals surface area contributed by atoms with Crippen molar-refractivity contribution in [3.63, 3.8) is 0 Å². The minimum absolute atomic E-state index is 0. The smallest absolute Gasteiger partial charge is 0.248 e. The number of carbonyl (C=O) groups excluding carboxylic acids is 2. The minimum Gasteiger partial charge on any atom is -0.366 e. The van der Waals surface area contributed by atoms with Gasteiger partial charge in [-0.2, -0.15) is 0 Å². The number of hydrogen-bond donors (Lipinski definition) is 3. The standard InChI is InChI=1S/C12H17N3O2.ClH/c1-3-9(13)12(17)15-10-6-8(11(14)16)5-4-7(10)2;/h4-6,9H,3,13H2,1-2H3,(H2,14,16)(H,15,17);1H/t9-;/m0./s1. The van der Waals surface area contributed by atoms with Crippen molar-refractivity contribution < 1.29 is 9.59 Å². The lowest BCUT2D eigenvalue weighted by molar-refractivity contribution is -0.117. The Labute approximate surface area is 112 Å². The van der Waals surface area contributed by atoms with Gasteiger partial charge < -0.3 is 16.8 Å². The second kappa shape index (κ2) is 6.98. The lowest BCUT2D eigenvalue weighted by Gasteiger charge is -2.12. The van der Waals surface area contributed by atoms with Crippen LogP contribution in [0.1, 0.15) is 29.3 Å². The van der Waals surface area contributed by atoms with Gasteiger partial charge >= 0.3 is 0 Å². The van der Waals surface area contributed by atoms with Crippen LogP contribution in [0.25, 0.3) is 0 Å². The summed E-state index contributed by atoms with van der Waals surface area (Å²) in [5.41, 5.74) is 12.6. The van der Waals surface area contributed by atoms with E-state index in [-0.39, 0.29) is 18.3 Å². The van der Waals surface area contributed by atoms with Crippen LogP contribution in [0.3, 0.4) is 0 Å². The summed E-state index contributed by atoms with van der Waals surface area (Å²) in [5, 5.41) is 2.68. The van der Waals surface area contributed by atoms with E-state index < -0.39 is 11.9 Å². The van der Waals surface area contributed by atoms with Crippen molar-refractivity contribution in [1.29, 1.82) is 0 Å². The van der Waals surface area contributed by atoms with Gasteiger partial charge in [-0.1, -0.05) is 13.0 Å². The Morgan fingerprint density at radius 3 is 2.50 bits per heavy atom. The lowest BCUT2D eigenvalue weighted by atomic mass is 10.1. The average molecular weight is 272 g/mol. The molecular weight excluding hydrogens is 254 g/mol. The molecule has 1 aromatic rings. The average Bonchev–Trinajstić information content (AvgIpc) is 2.30. The Kier molecular flexibility index (Phi) is 6.36. The van der Waals surface area contributed by atoms with Gasteiger partial charge in [0.25, 0.3) is 0 Å². The zero-order valence-corrected chi connectivity index (χ0v) is 11.2. The molecule has 0 unspecified atom stereocenters. The topological polar surface area (TPSA) is 98.2 Å². The van der Waals surface area contributed by atoms with Gasteiger partial charge in [0.2, 0.25) is 11.8 Å². The molecule has 0 saturated heterocycles. The number of anilines is 1. The van der Waals surface area contributed by atoms with Crippen LogP contribution in [0.5, 0.6) is 0 Å². The van der Waals surface area contributed by atoms with E-state index in [1.165, 1.54) is 0 Å². The number of benzene rings is 1. The molecule has 0 fully saturated rings. The quantitative estimate of drug-likeness (QED) is 0.767. The van der Waals surface area contributed by atoms with Crippen molar-refractivity contribution in [3.05, 3.63) is 29.3 Å². The van der Waals surface area contributed by atoms with E-state index in [4.69, 9.17) is 11.5 Å². The van der Waals surface area contributed by atoms with Crippen LogP contribution in [0.2, 0.25) is 0 Å². The molecule has 0 heterocycles. The van der Waals surface area contributed by atoms with Crippen LogP contribution in [0.4, 0.5) is 5.69 Å². The molecule has 0 radical (unpaired) electrons. The highest BCUT2D eigenvalue weighted by Crippen LogP contribution is 2.17. The second-order valence-electron chi connectivity index (χ2n) is 3.90. The first-order valence-electron chi connectivity index (χ1n) is 5.42. The van der Waals surface area contributed by atoms with E-state index in [0.717, 1.165) is 5.56 Å². The third-order valence-electron chi connectivity index (χ3n) is 2.56. The normalized spacial score (nSPS) is 11.3. The number of carbonyl (C=O) groups is 2. The molecule has 5 nitrogen and oxygen atoms in total. The summed E-state index contributed by atoms with van der Waals surface area (Å²) in [6.45, 7) is 3.66. The van der Waals surface area contributed by atoms with E-state index in [1.54, 1.807) is 18.2 Å². The predicted molar refractivity (Wildman–Crippen MR) is 73.8 cm³/mol. The number of amides is 2. The number of nitrogens with two attached hydrogens (primary N) is 2. The Morgan fingerprint density at radius 1 is 1.39 bits per heavy atom. The number of aryl methyl sites for hydroxylation is 1. The number of nitrogens with one attached hydrogen (secondary N) is 1. The van der Waals surface area contributed by atoms with Crippen molar-refractivity contribution in [3.8, 4) is 0 Å². The summed E-state index contributed by atoms with van der Waals surface area (Å²) in [7, 11) is 0. The number of rotatable bonds is 4. The molecule has 1 aromatic carbocycles. The van der Waals surface area contributed by atoms with E-state index >= 15 is 0 Å². The first kappa shape index (κ1) is 16.4. The fraction of sp³-hybridized carbons (Fsp3) is 0.333. The summed E-state index contributed by atoms with van der Waals surface area (Å²) in [4.78, 5) is 22.6. The molecule has 2 amide bonds. The lowest BCUT2D eigenvalue weighted by Crippen LogP contribution is -2.35. The van der Waals surface area contributed by atoms with Gasteiger partial charge in [0.15, 0.2) is 0 Å². The van der Waals surface area contributed by atoms with E-state index in [0.29, 0.717) is 17.7 Å². The van der Waals surface area contributed by atoms with Crippen molar-refractivity contribution in [2.75, 3.05) is 5.32 Å². The molecule has 0 aliphatic heterocycles. The van der Waals surface area contributed by atoms with E-state index in [2.05, 4.69) is 5.32 Å². The predicted octanol–water partition coefficient (Wildman–Crippen LogP) is 1.19. The molecule has 0 spiro atoms. The van der Waals surface area contributed by atoms with Gasteiger partial charge in [-0.15, -0.1) is 12.4 Å². The minimum atomic E-state index is -0.549. The van der Waals surface area contributed by atoms with Crippen molar-refractivity contribution in [2.24, 2.45) is 11.5 Å². The zero-order valence-electron chi connectivity index (χ0n) is 10.4. The van der Waals surface area contributed by atoms with Gasteiger partial charge in [-0.05, 0) is 31.0 Å².